The number of hydrogen-bond donors (Lipinski definition) is 2. The minimum Gasteiger partial charge on any atom is -0.354 e. The van der Waals surface area contributed by atoms with Crippen LogP contribution in [0.1, 0.15) is 36.0 Å². The first-order valence-corrected chi connectivity index (χ1v) is 6.85. The molecule has 0 aromatic heterocycles. The van der Waals surface area contributed by atoms with E-state index in [0.717, 1.165) is 6.54 Å². The molecule has 1 aromatic rings. The Kier molecular flexibility index (Phi) is 4.95. The fraction of sp³-hybridized carbons (Fsp3) is 0.467. The van der Waals surface area contributed by atoms with Crippen LogP contribution < -0.4 is 10.6 Å². The van der Waals surface area contributed by atoms with Gasteiger partial charge in [0.25, 0.3) is 5.91 Å². The van der Waals surface area contributed by atoms with Crippen molar-refractivity contribution >= 4 is 11.8 Å². The van der Waals surface area contributed by atoms with Crippen molar-refractivity contribution in [2.45, 2.75) is 25.7 Å². The molecule has 0 saturated heterocycles. The molecule has 102 valence electrons. The molecule has 0 radical (unpaired) electrons. The average molecular weight is 260 g/mol. The lowest BCUT2D eigenvalue weighted by atomic mass is 10.1. The number of amides is 2. The van der Waals surface area contributed by atoms with Crippen molar-refractivity contribution in [2.24, 2.45) is 5.92 Å². The Morgan fingerprint density at radius 1 is 1.05 bits per heavy atom. The Balaban J connectivity index is 1.67. The Labute approximate surface area is 113 Å². The molecule has 2 amide bonds. The minimum atomic E-state index is -0.211. The van der Waals surface area contributed by atoms with Crippen LogP contribution in [0.5, 0.6) is 0 Å². The second-order valence-corrected chi connectivity index (χ2v) is 5.00. The van der Waals surface area contributed by atoms with E-state index in [1.54, 1.807) is 24.3 Å². The predicted molar refractivity (Wildman–Crippen MR) is 73.7 cm³/mol. The second-order valence-electron chi connectivity index (χ2n) is 5.00. The lowest BCUT2D eigenvalue weighted by molar-refractivity contribution is -0.120. The molecule has 19 heavy (non-hydrogen) atoms. The molecule has 0 heterocycles. The molecular weight excluding hydrogens is 240 g/mol. The third kappa shape index (κ3) is 4.39. The van der Waals surface area contributed by atoms with Crippen molar-refractivity contribution < 1.29 is 9.59 Å². The van der Waals surface area contributed by atoms with Gasteiger partial charge in [-0.25, -0.2) is 0 Å². The molecule has 4 nitrogen and oxygen atoms in total. The van der Waals surface area contributed by atoms with E-state index in [1.807, 2.05) is 6.07 Å². The SMILES string of the molecule is O=C(CNC(=O)c1ccccc1)NCC1CCCC1. The average Bonchev–Trinajstić information content (AvgIpc) is 2.96. The van der Waals surface area contributed by atoms with Crippen molar-refractivity contribution in [1.82, 2.24) is 10.6 Å². The molecule has 4 heteroatoms. The number of rotatable bonds is 5. The standard InChI is InChI=1S/C15H20N2O2/c18-14(16-10-12-6-4-5-7-12)11-17-15(19)13-8-2-1-3-9-13/h1-3,8-9,12H,4-7,10-11H2,(H,16,18)(H,17,19). The quantitative estimate of drug-likeness (QED) is 0.847. The fourth-order valence-electron chi connectivity index (χ4n) is 2.39. The van der Waals surface area contributed by atoms with Gasteiger partial charge in [-0.1, -0.05) is 31.0 Å². The minimum absolute atomic E-state index is 0.0421. The van der Waals surface area contributed by atoms with E-state index in [0.29, 0.717) is 11.5 Å². The molecule has 0 spiro atoms. The highest BCUT2D eigenvalue weighted by molar-refractivity contribution is 5.96. The Morgan fingerprint density at radius 3 is 2.42 bits per heavy atom. The smallest absolute Gasteiger partial charge is 0.251 e. The maximum Gasteiger partial charge on any atom is 0.251 e. The van der Waals surface area contributed by atoms with Crippen molar-refractivity contribution in [3.05, 3.63) is 35.9 Å². The summed E-state index contributed by atoms with van der Waals surface area (Å²) in [5, 5.41) is 5.50. The molecule has 0 atom stereocenters. The van der Waals surface area contributed by atoms with Crippen molar-refractivity contribution in [3.63, 3.8) is 0 Å². The molecular formula is C15H20N2O2. The van der Waals surface area contributed by atoms with E-state index in [4.69, 9.17) is 0 Å². The Bertz CT molecular complexity index is 425. The summed E-state index contributed by atoms with van der Waals surface area (Å²) in [6.07, 6.45) is 4.95. The maximum absolute atomic E-state index is 11.7. The van der Waals surface area contributed by atoms with Crippen LogP contribution in [0.2, 0.25) is 0 Å². The normalized spacial score (nSPS) is 15.2. The summed E-state index contributed by atoms with van der Waals surface area (Å²) >= 11 is 0. The number of nitrogens with one attached hydrogen (secondary N) is 2. The highest BCUT2D eigenvalue weighted by Gasteiger charge is 2.15. The van der Waals surface area contributed by atoms with Crippen LogP contribution in [-0.4, -0.2) is 24.9 Å². The van der Waals surface area contributed by atoms with Crippen LogP contribution in [0, 0.1) is 5.92 Å². The summed E-state index contributed by atoms with van der Waals surface area (Å²) < 4.78 is 0. The summed E-state index contributed by atoms with van der Waals surface area (Å²) in [4.78, 5) is 23.3. The first-order valence-electron chi connectivity index (χ1n) is 6.85. The van der Waals surface area contributed by atoms with Gasteiger partial charge in [0.15, 0.2) is 0 Å². The van der Waals surface area contributed by atoms with E-state index in [1.165, 1.54) is 25.7 Å². The van der Waals surface area contributed by atoms with Crippen LogP contribution >= 0.6 is 0 Å². The first-order chi connectivity index (χ1) is 9.25. The fourth-order valence-corrected chi connectivity index (χ4v) is 2.39. The van der Waals surface area contributed by atoms with Crippen molar-refractivity contribution in [1.29, 1.82) is 0 Å². The van der Waals surface area contributed by atoms with Crippen LogP contribution in [0.25, 0.3) is 0 Å². The highest BCUT2D eigenvalue weighted by atomic mass is 16.2. The molecule has 0 aliphatic heterocycles. The van der Waals surface area contributed by atoms with E-state index in [-0.39, 0.29) is 18.4 Å². The lowest BCUT2D eigenvalue weighted by Crippen LogP contribution is -2.38. The van der Waals surface area contributed by atoms with Gasteiger partial charge in [0.2, 0.25) is 5.91 Å². The molecule has 1 aliphatic carbocycles. The number of hydrogen-bond acceptors (Lipinski definition) is 2. The van der Waals surface area contributed by atoms with Gasteiger partial charge in [-0.15, -0.1) is 0 Å². The zero-order chi connectivity index (χ0) is 13.5. The van der Waals surface area contributed by atoms with Gasteiger partial charge in [0.1, 0.15) is 0 Å². The van der Waals surface area contributed by atoms with Gasteiger partial charge in [-0.3, -0.25) is 9.59 Å². The summed E-state index contributed by atoms with van der Waals surface area (Å²) in [5.74, 6) is 0.293. The van der Waals surface area contributed by atoms with Crippen LogP contribution in [0.3, 0.4) is 0 Å². The van der Waals surface area contributed by atoms with Gasteiger partial charge in [-0.05, 0) is 30.9 Å². The van der Waals surface area contributed by atoms with Crippen LogP contribution in [0.4, 0.5) is 0 Å². The van der Waals surface area contributed by atoms with Gasteiger partial charge >= 0.3 is 0 Å². The molecule has 1 aliphatic rings. The molecule has 1 aromatic carbocycles. The van der Waals surface area contributed by atoms with Gasteiger partial charge in [0.05, 0.1) is 6.54 Å². The highest BCUT2D eigenvalue weighted by Crippen LogP contribution is 2.23. The van der Waals surface area contributed by atoms with Gasteiger partial charge in [-0.2, -0.15) is 0 Å². The number of carbonyl (C=O) groups is 2. The molecule has 2 rings (SSSR count). The van der Waals surface area contributed by atoms with Gasteiger partial charge < -0.3 is 10.6 Å². The van der Waals surface area contributed by atoms with Crippen LogP contribution in [0.15, 0.2) is 30.3 Å². The Hall–Kier alpha value is -1.84. The third-order valence-corrected chi connectivity index (χ3v) is 3.51. The maximum atomic E-state index is 11.7. The summed E-state index contributed by atoms with van der Waals surface area (Å²) in [6, 6.07) is 8.91. The van der Waals surface area contributed by atoms with E-state index in [2.05, 4.69) is 10.6 Å². The summed E-state index contributed by atoms with van der Waals surface area (Å²) in [6.45, 7) is 0.778. The molecule has 1 saturated carbocycles. The zero-order valence-corrected chi connectivity index (χ0v) is 11.0. The molecule has 2 N–H and O–H groups in total. The second kappa shape index (κ2) is 6.92. The third-order valence-electron chi connectivity index (χ3n) is 3.51. The largest absolute Gasteiger partial charge is 0.354 e. The first kappa shape index (κ1) is 13.6. The van der Waals surface area contributed by atoms with E-state index < -0.39 is 0 Å². The molecule has 0 bridgehead atoms. The van der Waals surface area contributed by atoms with Gasteiger partial charge in [0, 0.05) is 12.1 Å². The molecule has 1 fully saturated rings. The predicted octanol–water partition coefficient (Wildman–Crippen LogP) is 1.72. The van der Waals surface area contributed by atoms with Crippen LogP contribution in [-0.2, 0) is 4.79 Å². The van der Waals surface area contributed by atoms with E-state index in [9.17, 15) is 9.59 Å². The monoisotopic (exact) mass is 260 g/mol. The lowest BCUT2D eigenvalue weighted by Gasteiger charge is -2.11. The topological polar surface area (TPSA) is 58.2 Å². The zero-order valence-electron chi connectivity index (χ0n) is 11.0. The summed E-state index contributed by atoms with van der Waals surface area (Å²) in [5.41, 5.74) is 0.575. The molecule has 0 unspecified atom stereocenters. The Morgan fingerprint density at radius 2 is 1.74 bits per heavy atom. The number of benzene rings is 1. The van der Waals surface area contributed by atoms with E-state index >= 15 is 0 Å². The number of carbonyl (C=O) groups excluding carboxylic acids is 2. The summed E-state index contributed by atoms with van der Waals surface area (Å²) in [7, 11) is 0. The van der Waals surface area contributed by atoms with Crippen molar-refractivity contribution in [3.8, 4) is 0 Å². The van der Waals surface area contributed by atoms with Crippen molar-refractivity contribution in [2.75, 3.05) is 13.1 Å².